The fourth-order valence-corrected chi connectivity index (χ4v) is 2.81. The van der Waals surface area contributed by atoms with Crippen molar-refractivity contribution in [1.29, 1.82) is 0 Å². The molecule has 0 saturated heterocycles. The number of nitrogens with zero attached hydrogens (tertiary/aromatic N) is 1. The van der Waals surface area contributed by atoms with E-state index in [0.717, 1.165) is 32.3 Å². The van der Waals surface area contributed by atoms with E-state index in [1.54, 1.807) is 6.20 Å². The van der Waals surface area contributed by atoms with Gasteiger partial charge in [0.05, 0.1) is 23.1 Å². The highest BCUT2D eigenvalue weighted by atomic mass is 79.9. The van der Waals surface area contributed by atoms with Crippen LogP contribution in [0.5, 0.6) is 0 Å². The van der Waals surface area contributed by atoms with E-state index < -0.39 is 0 Å². The summed E-state index contributed by atoms with van der Waals surface area (Å²) in [6.07, 6.45) is 1.67. The van der Waals surface area contributed by atoms with Crippen molar-refractivity contribution in [3.63, 3.8) is 0 Å². The number of nitrogens with two attached hydrogens (primary N) is 1. The van der Waals surface area contributed by atoms with Crippen LogP contribution in [-0.2, 0) is 0 Å². The second-order valence-electron chi connectivity index (χ2n) is 4.83. The quantitative estimate of drug-likeness (QED) is 0.651. The molecule has 0 aliphatic rings. The summed E-state index contributed by atoms with van der Waals surface area (Å²) < 4.78 is 0.985. The van der Waals surface area contributed by atoms with Crippen molar-refractivity contribution in [3.8, 4) is 0 Å². The van der Waals surface area contributed by atoms with Gasteiger partial charge in [-0.25, -0.2) is 0 Å². The lowest BCUT2D eigenvalue weighted by Gasteiger charge is -2.14. The maximum Gasteiger partial charge on any atom is 0.0746 e. The minimum absolute atomic E-state index is 0.606. The zero-order valence-electron chi connectivity index (χ0n) is 11.3. The smallest absolute Gasteiger partial charge is 0.0746 e. The van der Waals surface area contributed by atoms with E-state index in [4.69, 9.17) is 17.3 Å². The second-order valence-corrected chi connectivity index (χ2v) is 6.19. The summed E-state index contributed by atoms with van der Waals surface area (Å²) in [5, 5.41) is 5.08. The molecule has 3 N–H and O–H groups in total. The maximum absolute atomic E-state index is 6.10. The van der Waals surface area contributed by atoms with Crippen LogP contribution >= 0.6 is 27.5 Å². The summed E-state index contributed by atoms with van der Waals surface area (Å²) in [7, 11) is 0. The molecule has 0 radical (unpaired) electrons. The predicted octanol–water partition coefficient (Wildman–Crippen LogP) is 5.28. The van der Waals surface area contributed by atoms with E-state index in [1.807, 2.05) is 43.3 Å². The molecule has 5 heteroatoms. The van der Waals surface area contributed by atoms with Crippen LogP contribution in [-0.4, -0.2) is 4.98 Å². The third-order valence-electron chi connectivity index (χ3n) is 3.31. The topological polar surface area (TPSA) is 50.9 Å². The second kappa shape index (κ2) is 5.54. The van der Waals surface area contributed by atoms with Crippen molar-refractivity contribution in [2.75, 3.05) is 11.1 Å². The molecule has 3 nitrogen and oxygen atoms in total. The Kier molecular flexibility index (Phi) is 3.74. The van der Waals surface area contributed by atoms with Gasteiger partial charge in [0.2, 0.25) is 0 Å². The van der Waals surface area contributed by atoms with Crippen LogP contribution < -0.4 is 11.1 Å². The summed E-state index contributed by atoms with van der Waals surface area (Å²) in [6, 6.07) is 11.6. The lowest BCUT2D eigenvalue weighted by Crippen LogP contribution is -2.00. The molecule has 1 heterocycles. The summed E-state index contributed by atoms with van der Waals surface area (Å²) in [4.78, 5) is 4.35. The predicted molar refractivity (Wildman–Crippen MR) is 93.3 cm³/mol. The molecule has 2 aromatic carbocycles. The molecule has 3 aromatic rings. The molecule has 0 spiro atoms. The number of benzene rings is 2. The van der Waals surface area contributed by atoms with E-state index >= 15 is 0 Å². The largest absolute Gasteiger partial charge is 0.396 e. The molecule has 106 valence electrons. The van der Waals surface area contributed by atoms with Gasteiger partial charge in [0.25, 0.3) is 0 Å². The minimum Gasteiger partial charge on any atom is -0.396 e. The maximum atomic E-state index is 6.10. The Hall–Kier alpha value is -1.78. The molecule has 0 bridgehead atoms. The molecule has 0 fully saturated rings. The monoisotopic (exact) mass is 361 g/mol. The van der Waals surface area contributed by atoms with Crippen molar-refractivity contribution in [2.45, 2.75) is 6.92 Å². The van der Waals surface area contributed by atoms with Crippen LogP contribution in [0, 0.1) is 6.92 Å². The number of aromatic nitrogens is 1. The molecule has 0 aliphatic heterocycles. The molecule has 0 amide bonds. The molecular formula is C16H13BrClN3. The standard InChI is InChI=1S/C16H13BrClN3/c1-9-6-11(18)3-5-14(9)21-16-12-7-10(17)2-4-15(12)20-8-13(16)19/h2-8H,19H2,1H3,(H,20,21). The van der Waals surface area contributed by atoms with Crippen LogP contribution in [0.4, 0.5) is 17.1 Å². The van der Waals surface area contributed by atoms with Crippen molar-refractivity contribution >= 4 is 55.5 Å². The highest BCUT2D eigenvalue weighted by molar-refractivity contribution is 9.10. The summed E-state index contributed by atoms with van der Waals surface area (Å²) in [6.45, 7) is 2.00. The Balaban J connectivity index is 2.15. The van der Waals surface area contributed by atoms with Crippen LogP contribution in [0.25, 0.3) is 10.9 Å². The summed E-state index contributed by atoms with van der Waals surface area (Å²) >= 11 is 9.49. The number of fused-ring (bicyclic) bond motifs is 1. The van der Waals surface area contributed by atoms with E-state index in [-0.39, 0.29) is 0 Å². The first-order valence-corrected chi connectivity index (χ1v) is 7.58. The van der Waals surface area contributed by atoms with Gasteiger partial charge < -0.3 is 11.1 Å². The molecular weight excluding hydrogens is 350 g/mol. The number of hydrogen-bond acceptors (Lipinski definition) is 3. The fourth-order valence-electron chi connectivity index (χ4n) is 2.22. The number of aryl methyl sites for hydroxylation is 1. The number of halogens is 2. The van der Waals surface area contributed by atoms with Gasteiger partial charge in [-0.2, -0.15) is 0 Å². The number of nitrogen functional groups attached to an aromatic ring is 1. The van der Waals surface area contributed by atoms with Gasteiger partial charge in [-0.3, -0.25) is 4.98 Å². The number of pyridine rings is 1. The zero-order chi connectivity index (χ0) is 15.0. The van der Waals surface area contributed by atoms with E-state index in [0.29, 0.717) is 10.7 Å². The molecule has 0 atom stereocenters. The minimum atomic E-state index is 0.606. The number of rotatable bonds is 2. The van der Waals surface area contributed by atoms with Crippen LogP contribution in [0.3, 0.4) is 0 Å². The average Bonchev–Trinajstić information content (AvgIpc) is 2.44. The highest BCUT2D eigenvalue weighted by Gasteiger charge is 2.09. The van der Waals surface area contributed by atoms with Crippen LogP contribution in [0.2, 0.25) is 5.02 Å². The van der Waals surface area contributed by atoms with E-state index in [2.05, 4.69) is 26.2 Å². The Labute approximate surface area is 136 Å². The normalized spacial score (nSPS) is 10.8. The SMILES string of the molecule is Cc1cc(Cl)ccc1Nc1c(N)cnc2ccc(Br)cc12. The molecule has 0 aliphatic carbocycles. The fraction of sp³-hybridized carbons (Fsp3) is 0.0625. The average molecular weight is 363 g/mol. The van der Waals surface area contributed by atoms with Gasteiger partial charge in [0.1, 0.15) is 0 Å². The first kappa shape index (κ1) is 14.2. The number of anilines is 3. The van der Waals surface area contributed by atoms with Gasteiger partial charge >= 0.3 is 0 Å². The third-order valence-corrected chi connectivity index (χ3v) is 4.04. The van der Waals surface area contributed by atoms with Crippen molar-refractivity contribution < 1.29 is 0 Å². The van der Waals surface area contributed by atoms with Gasteiger partial charge in [0, 0.05) is 20.6 Å². The Morgan fingerprint density at radius 3 is 2.76 bits per heavy atom. The molecule has 3 rings (SSSR count). The van der Waals surface area contributed by atoms with Crippen LogP contribution in [0.1, 0.15) is 5.56 Å². The van der Waals surface area contributed by atoms with Gasteiger partial charge in [-0.1, -0.05) is 27.5 Å². The van der Waals surface area contributed by atoms with Gasteiger partial charge in [-0.15, -0.1) is 0 Å². The molecule has 1 aromatic heterocycles. The summed E-state index contributed by atoms with van der Waals surface area (Å²) in [5.41, 5.74) is 10.5. The number of nitrogens with one attached hydrogen (secondary N) is 1. The van der Waals surface area contributed by atoms with E-state index in [1.165, 1.54) is 0 Å². The summed E-state index contributed by atoms with van der Waals surface area (Å²) in [5.74, 6) is 0. The molecule has 0 unspecified atom stereocenters. The van der Waals surface area contributed by atoms with Crippen molar-refractivity contribution in [1.82, 2.24) is 4.98 Å². The first-order chi connectivity index (χ1) is 10.0. The Morgan fingerprint density at radius 1 is 1.19 bits per heavy atom. The van der Waals surface area contributed by atoms with Crippen LogP contribution in [0.15, 0.2) is 47.1 Å². The third kappa shape index (κ3) is 2.82. The zero-order valence-corrected chi connectivity index (χ0v) is 13.7. The van der Waals surface area contributed by atoms with Crippen molar-refractivity contribution in [2.24, 2.45) is 0 Å². The Morgan fingerprint density at radius 2 is 2.00 bits per heavy atom. The number of hydrogen-bond donors (Lipinski definition) is 2. The molecule has 0 saturated carbocycles. The first-order valence-electron chi connectivity index (χ1n) is 6.41. The van der Waals surface area contributed by atoms with Crippen molar-refractivity contribution in [3.05, 3.63) is 57.7 Å². The lowest BCUT2D eigenvalue weighted by molar-refractivity contribution is 1.39. The highest BCUT2D eigenvalue weighted by Crippen LogP contribution is 2.33. The van der Waals surface area contributed by atoms with Gasteiger partial charge in [0.15, 0.2) is 0 Å². The molecule has 21 heavy (non-hydrogen) atoms. The Bertz CT molecular complexity index is 828. The van der Waals surface area contributed by atoms with Gasteiger partial charge in [-0.05, 0) is 48.9 Å². The lowest BCUT2D eigenvalue weighted by atomic mass is 10.1. The van der Waals surface area contributed by atoms with E-state index in [9.17, 15) is 0 Å².